The third-order valence-electron chi connectivity index (χ3n) is 9.00. The van der Waals surface area contributed by atoms with Crippen molar-refractivity contribution in [3.05, 3.63) is 54.5 Å². The van der Waals surface area contributed by atoms with Gasteiger partial charge in [-0.2, -0.15) is 12.8 Å². The van der Waals surface area contributed by atoms with Gasteiger partial charge < -0.3 is 6.42 Å². The van der Waals surface area contributed by atoms with Crippen LogP contribution < -0.4 is 0 Å². The van der Waals surface area contributed by atoms with E-state index in [0.29, 0.717) is 5.41 Å². The molecule has 4 heteroatoms. The van der Waals surface area contributed by atoms with E-state index in [0.717, 1.165) is 23.5 Å². The van der Waals surface area contributed by atoms with Gasteiger partial charge in [-0.1, -0.05) is 38.0 Å². The predicted molar refractivity (Wildman–Crippen MR) is 112 cm³/mol. The van der Waals surface area contributed by atoms with Gasteiger partial charge in [-0.3, -0.25) is 4.40 Å². The Kier molecular flexibility index (Phi) is 4.94. The molecule has 2 fully saturated rings. The number of rotatable bonds is 1. The summed E-state index contributed by atoms with van der Waals surface area (Å²) in [5, 5.41) is 0. The summed E-state index contributed by atoms with van der Waals surface area (Å²) in [6.45, 7) is 5.13. The van der Waals surface area contributed by atoms with Crippen LogP contribution in [0.15, 0.2) is 42.4 Å². The Morgan fingerprint density at radius 2 is 1.97 bits per heavy atom. The number of allylic oxidation sites excluding steroid dienone is 4. The Hall–Kier alpha value is -0.796. The summed E-state index contributed by atoms with van der Waals surface area (Å²) < 4.78 is 2.18. The summed E-state index contributed by atoms with van der Waals surface area (Å²) in [4.78, 5) is 9.01. The molecule has 29 heavy (non-hydrogen) atoms. The second-order valence-electron chi connectivity index (χ2n) is 10.0. The molecule has 2 saturated carbocycles. The van der Waals surface area contributed by atoms with Gasteiger partial charge in [0.2, 0.25) is 5.78 Å². The molecule has 0 N–H and O–H groups in total. The van der Waals surface area contributed by atoms with Crippen molar-refractivity contribution >= 4 is 11.4 Å². The molecule has 0 aromatic carbocycles. The third kappa shape index (κ3) is 2.75. The molecular formula is C25H30N3Y-. The van der Waals surface area contributed by atoms with Gasteiger partial charge in [-0.15, -0.1) is 0 Å². The van der Waals surface area contributed by atoms with Crippen LogP contribution in [0.2, 0.25) is 0 Å². The zero-order valence-electron chi connectivity index (χ0n) is 17.6. The van der Waals surface area contributed by atoms with Gasteiger partial charge in [0.1, 0.15) is 0 Å². The van der Waals surface area contributed by atoms with Gasteiger partial charge in [0.25, 0.3) is 0 Å². The third-order valence-corrected chi connectivity index (χ3v) is 9.00. The SMILES string of the molecule is C[C@]12CC[CH-]CC1=CCC1C2CC[C@]2(C)C(c3cnc4ncccn34)=CCC12.[Y]. The molecule has 1 radical (unpaired) electrons. The van der Waals surface area contributed by atoms with Gasteiger partial charge in [0.15, 0.2) is 0 Å². The average Bonchev–Trinajstić information content (AvgIpc) is 3.28. The quantitative estimate of drug-likeness (QED) is 0.392. The van der Waals surface area contributed by atoms with E-state index in [-0.39, 0.29) is 38.1 Å². The fraction of sp³-hybridized carbons (Fsp3) is 0.560. The van der Waals surface area contributed by atoms with Crippen molar-refractivity contribution in [2.75, 3.05) is 0 Å². The molecule has 6 rings (SSSR count). The summed E-state index contributed by atoms with van der Waals surface area (Å²) in [7, 11) is 0. The monoisotopic (exact) mass is 461 g/mol. The number of imidazole rings is 1. The molecular weight excluding hydrogens is 431 g/mol. The molecule has 4 aliphatic carbocycles. The molecule has 2 aromatic heterocycles. The largest absolute Gasteiger partial charge is 0.325 e. The van der Waals surface area contributed by atoms with E-state index >= 15 is 0 Å². The van der Waals surface area contributed by atoms with E-state index in [4.69, 9.17) is 0 Å². The van der Waals surface area contributed by atoms with Crippen LogP contribution in [0.5, 0.6) is 0 Å². The van der Waals surface area contributed by atoms with Crippen molar-refractivity contribution in [2.45, 2.75) is 58.8 Å². The Labute approximate surface area is 199 Å². The molecule has 3 nitrogen and oxygen atoms in total. The van der Waals surface area contributed by atoms with Gasteiger partial charge in [-0.05, 0) is 65.9 Å². The van der Waals surface area contributed by atoms with Crippen LogP contribution in [-0.4, -0.2) is 14.4 Å². The molecule has 0 bridgehead atoms. The van der Waals surface area contributed by atoms with Gasteiger partial charge in [-0.25, -0.2) is 9.97 Å². The molecule has 0 spiro atoms. The van der Waals surface area contributed by atoms with Gasteiger partial charge in [0.05, 0.1) is 11.9 Å². The van der Waals surface area contributed by atoms with Crippen LogP contribution in [0, 0.1) is 35.0 Å². The summed E-state index contributed by atoms with van der Waals surface area (Å²) in [5.41, 5.74) is 5.26. The Bertz CT molecular complexity index is 1000. The molecule has 0 aliphatic heterocycles. The maximum Gasteiger partial charge on any atom is 0.234 e. The van der Waals surface area contributed by atoms with E-state index in [9.17, 15) is 0 Å². The van der Waals surface area contributed by atoms with Crippen molar-refractivity contribution in [3.63, 3.8) is 0 Å². The number of hydrogen-bond donors (Lipinski definition) is 0. The number of fused-ring (bicyclic) bond motifs is 6. The van der Waals surface area contributed by atoms with Crippen LogP contribution >= 0.6 is 0 Å². The number of nitrogens with zero attached hydrogens (tertiary/aromatic N) is 3. The average molecular weight is 461 g/mol. The maximum atomic E-state index is 4.58. The molecule has 0 saturated heterocycles. The van der Waals surface area contributed by atoms with Crippen LogP contribution in [0.25, 0.3) is 11.4 Å². The summed E-state index contributed by atoms with van der Waals surface area (Å²) in [6, 6.07) is 2.01. The van der Waals surface area contributed by atoms with Crippen molar-refractivity contribution in [2.24, 2.45) is 28.6 Å². The molecule has 3 unspecified atom stereocenters. The first-order chi connectivity index (χ1) is 13.6. The zero-order chi connectivity index (χ0) is 18.9. The van der Waals surface area contributed by atoms with Crippen molar-refractivity contribution < 1.29 is 32.7 Å². The summed E-state index contributed by atoms with van der Waals surface area (Å²) in [5.74, 6) is 3.28. The Morgan fingerprint density at radius 1 is 1.07 bits per heavy atom. The van der Waals surface area contributed by atoms with Crippen molar-refractivity contribution in [1.82, 2.24) is 14.4 Å². The van der Waals surface area contributed by atoms with Gasteiger partial charge in [0, 0.05) is 45.1 Å². The molecule has 2 aromatic rings. The number of aromatic nitrogens is 3. The van der Waals surface area contributed by atoms with Crippen LogP contribution in [-0.2, 0) is 32.7 Å². The minimum atomic E-state index is 0. The van der Waals surface area contributed by atoms with E-state index in [1.165, 1.54) is 56.2 Å². The second kappa shape index (κ2) is 7.12. The van der Waals surface area contributed by atoms with E-state index in [2.05, 4.69) is 53.0 Å². The normalized spacial score (nSPS) is 38.3. The first-order valence-electron chi connectivity index (χ1n) is 11.1. The molecule has 149 valence electrons. The first kappa shape index (κ1) is 20.1. The van der Waals surface area contributed by atoms with Crippen molar-refractivity contribution in [1.29, 1.82) is 0 Å². The van der Waals surface area contributed by atoms with E-state index < -0.39 is 0 Å². The van der Waals surface area contributed by atoms with Gasteiger partial charge >= 0.3 is 0 Å². The number of hydrogen-bond acceptors (Lipinski definition) is 2. The predicted octanol–water partition coefficient (Wildman–Crippen LogP) is 5.89. The molecule has 4 aliphatic rings. The topological polar surface area (TPSA) is 30.2 Å². The standard InChI is InChI=1S/C25H30N3.Y/c1-24-12-4-3-6-17(24)7-8-18-19-9-10-21(25(19,2)13-11-20(18)24)22-16-27-23-26-14-5-15-28(22)23;/h3,5,7,10,14-16,18-20H,4,6,8-9,11-13H2,1-2H3;/q-1;/t18?,19?,20?,24-,25-;/m0./s1. The molecule has 2 heterocycles. The van der Waals surface area contributed by atoms with Crippen LogP contribution in [0.3, 0.4) is 0 Å². The Morgan fingerprint density at radius 3 is 2.86 bits per heavy atom. The van der Waals surface area contributed by atoms with Crippen molar-refractivity contribution in [3.8, 4) is 0 Å². The zero-order valence-corrected chi connectivity index (χ0v) is 20.5. The molecule has 5 atom stereocenters. The minimum Gasteiger partial charge on any atom is -0.325 e. The van der Waals surface area contributed by atoms with E-state index in [1.54, 1.807) is 5.57 Å². The second-order valence-corrected chi connectivity index (χ2v) is 10.0. The smallest absolute Gasteiger partial charge is 0.234 e. The summed E-state index contributed by atoms with van der Waals surface area (Å²) in [6.07, 6.45) is 22.8. The molecule has 0 amide bonds. The fourth-order valence-corrected chi connectivity index (χ4v) is 7.47. The van der Waals surface area contributed by atoms with Crippen LogP contribution in [0.4, 0.5) is 0 Å². The minimum absolute atomic E-state index is 0. The van der Waals surface area contributed by atoms with E-state index in [1.807, 2.05) is 18.5 Å². The first-order valence-corrected chi connectivity index (χ1v) is 11.1. The van der Waals surface area contributed by atoms with Crippen LogP contribution in [0.1, 0.15) is 64.5 Å². The Balaban J connectivity index is 0.00000181. The summed E-state index contributed by atoms with van der Waals surface area (Å²) >= 11 is 0. The maximum absolute atomic E-state index is 4.58. The fourth-order valence-electron chi connectivity index (χ4n) is 7.47.